The highest BCUT2D eigenvalue weighted by atomic mass is 19.4. The maximum atomic E-state index is 13.1. The highest BCUT2D eigenvalue weighted by Gasteiger charge is 2.44. The van der Waals surface area contributed by atoms with Crippen LogP contribution in [0.4, 0.5) is 18.9 Å². The maximum absolute atomic E-state index is 13.1. The molecule has 31 heavy (non-hydrogen) atoms. The summed E-state index contributed by atoms with van der Waals surface area (Å²) in [4.78, 5) is 32.0. The number of aromatic amines is 1. The number of hydrogen-bond donors (Lipinski definition) is 1. The number of amides is 2. The Morgan fingerprint density at radius 2 is 1.87 bits per heavy atom. The summed E-state index contributed by atoms with van der Waals surface area (Å²) in [6, 6.07) is 12.3. The molecule has 2 aliphatic heterocycles. The first-order valence-electron chi connectivity index (χ1n) is 9.85. The van der Waals surface area contributed by atoms with E-state index in [1.165, 1.54) is 17.7 Å². The fraction of sp³-hybridized carbons (Fsp3) is 0.273. The topological polar surface area (TPSA) is 65.6 Å². The second-order valence-electron chi connectivity index (χ2n) is 7.68. The number of benzene rings is 2. The van der Waals surface area contributed by atoms with Crippen LogP contribution in [0.15, 0.2) is 48.5 Å². The van der Waals surface area contributed by atoms with Gasteiger partial charge in [0.2, 0.25) is 5.91 Å². The monoisotopic (exact) mass is 429 g/mol. The lowest BCUT2D eigenvalue weighted by Gasteiger charge is -2.30. The number of imide groups is 1. The number of rotatable bonds is 3. The SMILES string of the molecule is O=C1CC(N2CCc3c([nH]c4ccccc34)C2)C(=O)N1c1cccc(OC(F)(F)F)c1. The zero-order valence-electron chi connectivity index (χ0n) is 16.3. The van der Waals surface area contributed by atoms with Crippen molar-refractivity contribution in [2.45, 2.75) is 31.8 Å². The molecule has 1 aromatic heterocycles. The number of para-hydroxylation sites is 1. The van der Waals surface area contributed by atoms with E-state index in [1.807, 2.05) is 23.1 Å². The van der Waals surface area contributed by atoms with Crippen molar-refractivity contribution < 1.29 is 27.5 Å². The molecule has 1 saturated heterocycles. The van der Waals surface area contributed by atoms with Crippen LogP contribution in [0.25, 0.3) is 10.9 Å². The third-order valence-corrected chi connectivity index (χ3v) is 5.79. The summed E-state index contributed by atoms with van der Waals surface area (Å²) in [6.07, 6.45) is -4.13. The van der Waals surface area contributed by atoms with E-state index in [-0.39, 0.29) is 12.1 Å². The highest BCUT2D eigenvalue weighted by Crippen LogP contribution is 2.33. The zero-order chi connectivity index (χ0) is 21.8. The quantitative estimate of drug-likeness (QED) is 0.644. The molecule has 0 saturated carbocycles. The smallest absolute Gasteiger partial charge is 0.406 e. The number of carbonyl (C=O) groups is 2. The molecule has 3 heterocycles. The minimum atomic E-state index is -4.86. The van der Waals surface area contributed by atoms with Crippen LogP contribution in [0, 0.1) is 0 Å². The van der Waals surface area contributed by atoms with Gasteiger partial charge >= 0.3 is 6.36 Å². The van der Waals surface area contributed by atoms with E-state index in [2.05, 4.69) is 15.8 Å². The maximum Gasteiger partial charge on any atom is 0.573 e. The molecule has 160 valence electrons. The summed E-state index contributed by atoms with van der Waals surface area (Å²) in [5, 5.41) is 1.16. The van der Waals surface area contributed by atoms with Gasteiger partial charge in [-0.1, -0.05) is 24.3 Å². The summed E-state index contributed by atoms with van der Waals surface area (Å²) in [5.41, 5.74) is 3.35. The Hall–Kier alpha value is -3.33. The van der Waals surface area contributed by atoms with Gasteiger partial charge in [-0.15, -0.1) is 13.2 Å². The van der Waals surface area contributed by atoms with Crippen molar-refractivity contribution in [3.05, 3.63) is 59.8 Å². The molecule has 0 spiro atoms. The molecule has 1 fully saturated rings. The molecule has 0 aliphatic carbocycles. The second kappa shape index (κ2) is 7.12. The van der Waals surface area contributed by atoms with Crippen LogP contribution in [0.5, 0.6) is 5.75 Å². The van der Waals surface area contributed by atoms with Crippen molar-refractivity contribution in [2.75, 3.05) is 11.4 Å². The van der Waals surface area contributed by atoms with Crippen molar-refractivity contribution in [1.82, 2.24) is 9.88 Å². The van der Waals surface area contributed by atoms with E-state index >= 15 is 0 Å². The standard InChI is InChI=1S/C22H18F3N3O3/c23-22(24,25)31-14-5-3-4-13(10-14)28-20(29)11-19(21(28)30)27-9-8-16-15-6-1-2-7-17(15)26-18(16)12-27/h1-7,10,19,26H,8-9,11-12H2. The van der Waals surface area contributed by atoms with Crippen molar-refractivity contribution >= 4 is 28.4 Å². The van der Waals surface area contributed by atoms with Gasteiger partial charge in [0.1, 0.15) is 5.75 Å². The molecule has 1 atom stereocenters. The number of halogens is 3. The molecule has 2 aliphatic rings. The molecule has 2 aromatic carbocycles. The van der Waals surface area contributed by atoms with E-state index in [1.54, 1.807) is 0 Å². The predicted molar refractivity (Wildman–Crippen MR) is 106 cm³/mol. The van der Waals surface area contributed by atoms with Gasteiger partial charge in [0.15, 0.2) is 0 Å². The minimum Gasteiger partial charge on any atom is -0.406 e. The Labute approximate surface area is 175 Å². The Bertz CT molecular complexity index is 1190. The lowest BCUT2D eigenvalue weighted by atomic mass is 10.0. The molecular formula is C22H18F3N3O3. The summed E-state index contributed by atoms with van der Waals surface area (Å²) in [5.74, 6) is -1.36. The van der Waals surface area contributed by atoms with Crippen molar-refractivity contribution in [2.24, 2.45) is 0 Å². The molecule has 9 heteroatoms. The predicted octanol–water partition coefficient (Wildman–Crippen LogP) is 3.76. The van der Waals surface area contributed by atoms with Crippen LogP contribution in [-0.2, 0) is 22.6 Å². The Kier molecular flexibility index (Phi) is 4.51. The van der Waals surface area contributed by atoms with Gasteiger partial charge in [-0.3, -0.25) is 14.5 Å². The Balaban J connectivity index is 1.38. The number of aromatic nitrogens is 1. The average Bonchev–Trinajstić information content (AvgIpc) is 3.23. The molecule has 2 amide bonds. The van der Waals surface area contributed by atoms with E-state index in [4.69, 9.17) is 0 Å². The number of carbonyl (C=O) groups excluding carboxylic acids is 2. The first-order valence-corrected chi connectivity index (χ1v) is 9.85. The first-order chi connectivity index (χ1) is 14.8. The Morgan fingerprint density at radius 3 is 2.68 bits per heavy atom. The number of nitrogens with zero attached hydrogens (tertiary/aromatic N) is 2. The highest BCUT2D eigenvalue weighted by molar-refractivity contribution is 6.22. The molecular weight excluding hydrogens is 411 g/mol. The van der Waals surface area contributed by atoms with Gasteiger partial charge in [-0.2, -0.15) is 0 Å². The van der Waals surface area contributed by atoms with E-state index in [9.17, 15) is 22.8 Å². The third-order valence-electron chi connectivity index (χ3n) is 5.79. The van der Waals surface area contributed by atoms with Gasteiger partial charge in [0.05, 0.1) is 18.2 Å². The molecule has 1 unspecified atom stereocenters. The van der Waals surface area contributed by atoms with Crippen LogP contribution in [-0.4, -0.2) is 40.6 Å². The number of alkyl halides is 3. The first kappa shape index (κ1) is 19.6. The van der Waals surface area contributed by atoms with Crippen LogP contribution in [0.3, 0.4) is 0 Å². The average molecular weight is 429 g/mol. The van der Waals surface area contributed by atoms with Crippen LogP contribution < -0.4 is 9.64 Å². The van der Waals surface area contributed by atoms with Crippen molar-refractivity contribution in [3.8, 4) is 5.75 Å². The number of ether oxygens (including phenoxy) is 1. The van der Waals surface area contributed by atoms with Gasteiger partial charge in [-0.25, -0.2) is 4.90 Å². The van der Waals surface area contributed by atoms with Gasteiger partial charge in [-0.05, 0) is 30.2 Å². The van der Waals surface area contributed by atoms with E-state index in [0.717, 1.165) is 40.1 Å². The van der Waals surface area contributed by atoms with Gasteiger partial charge < -0.3 is 9.72 Å². The summed E-state index contributed by atoms with van der Waals surface area (Å²) < 4.78 is 41.5. The second-order valence-corrected chi connectivity index (χ2v) is 7.68. The lowest BCUT2D eigenvalue weighted by molar-refractivity contribution is -0.274. The van der Waals surface area contributed by atoms with Crippen LogP contribution in [0.1, 0.15) is 17.7 Å². The summed E-state index contributed by atoms with van der Waals surface area (Å²) >= 11 is 0. The molecule has 0 radical (unpaired) electrons. The number of H-pyrrole nitrogens is 1. The fourth-order valence-electron chi connectivity index (χ4n) is 4.47. The fourth-order valence-corrected chi connectivity index (χ4v) is 4.47. The van der Waals surface area contributed by atoms with Crippen molar-refractivity contribution in [1.29, 1.82) is 0 Å². The lowest BCUT2D eigenvalue weighted by Crippen LogP contribution is -2.44. The molecule has 6 nitrogen and oxygen atoms in total. The number of nitrogens with one attached hydrogen (secondary N) is 1. The van der Waals surface area contributed by atoms with Gasteiger partial charge in [0.25, 0.3) is 5.91 Å². The van der Waals surface area contributed by atoms with Crippen LogP contribution in [0.2, 0.25) is 0 Å². The molecule has 1 N–H and O–H groups in total. The number of anilines is 1. The molecule has 3 aromatic rings. The van der Waals surface area contributed by atoms with Crippen LogP contribution >= 0.6 is 0 Å². The Morgan fingerprint density at radius 1 is 1.06 bits per heavy atom. The van der Waals surface area contributed by atoms with E-state index in [0.29, 0.717) is 13.1 Å². The normalized spacial score (nSPS) is 19.8. The van der Waals surface area contributed by atoms with E-state index < -0.39 is 30.0 Å². The third kappa shape index (κ3) is 3.54. The summed E-state index contributed by atoms with van der Waals surface area (Å²) in [6.45, 7) is 1.11. The molecule has 5 rings (SSSR count). The number of fused-ring (bicyclic) bond motifs is 3. The van der Waals surface area contributed by atoms with Gasteiger partial charge in [0, 0.05) is 35.8 Å². The zero-order valence-corrected chi connectivity index (χ0v) is 16.3. The van der Waals surface area contributed by atoms with Crippen molar-refractivity contribution in [3.63, 3.8) is 0 Å². The molecule has 0 bridgehead atoms. The largest absolute Gasteiger partial charge is 0.573 e. The summed E-state index contributed by atoms with van der Waals surface area (Å²) in [7, 11) is 0. The number of hydrogen-bond acceptors (Lipinski definition) is 4. The minimum absolute atomic E-state index is 0.0151.